The Labute approximate surface area is 140 Å². The van der Waals surface area contributed by atoms with E-state index < -0.39 is 17.3 Å². The highest BCUT2D eigenvalue weighted by Crippen LogP contribution is 2.34. The summed E-state index contributed by atoms with van der Waals surface area (Å²) in [6.45, 7) is 0. The molecule has 0 spiro atoms. The van der Waals surface area contributed by atoms with E-state index in [-0.39, 0.29) is 0 Å². The number of amides is 1. The third-order valence-corrected chi connectivity index (χ3v) is 5.00. The van der Waals surface area contributed by atoms with E-state index in [4.69, 9.17) is 5.21 Å². The Morgan fingerprint density at radius 2 is 1.91 bits per heavy atom. The monoisotopic (exact) mass is 346 g/mol. The first-order valence-corrected chi connectivity index (χ1v) is 9.13. The van der Waals surface area contributed by atoms with E-state index in [9.17, 15) is 9.35 Å². The number of benzene rings is 2. The summed E-state index contributed by atoms with van der Waals surface area (Å²) in [5.41, 5.74) is 3.90. The first-order valence-electron chi connectivity index (χ1n) is 6.75. The van der Waals surface area contributed by atoms with E-state index in [1.54, 1.807) is 35.2 Å². The zero-order valence-electron chi connectivity index (χ0n) is 12.2. The van der Waals surface area contributed by atoms with Crippen molar-refractivity contribution >= 4 is 44.4 Å². The molecular formula is C16H14N2O3S2. The molecule has 1 amide bonds. The highest BCUT2D eigenvalue weighted by atomic mass is 32.2. The molecule has 1 unspecified atom stereocenters. The second-order valence-corrected chi connectivity index (χ2v) is 7.13. The molecule has 1 atom stereocenters. The summed E-state index contributed by atoms with van der Waals surface area (Å²) in [6.07, 6.45) is 1.58. The standard InChI is InChI=1S/C16H14N2O3S2/c1-23(21)18-13-5-2-10(3-6-13)15-9-12-8-11(16(19)17-20)4-7-14(12)22-15/h2-9,18,20H,1H3,(H,17,19). The van der Waals surface area contributed by atoms with E-state index in [0.29, 0.717) is 5.56 Å². The lowest BCUT2D eigenvalue weighted by atomic mass is 10.1. The lowest BCUT2D eigenvalue weighted by Gasteiger charge is -2.07. The van der Waals surface area contributed by atoms with Crippen LogP contribution in [0.25, 0.3) is 20.5 Å². The number of rotatable bonds is 4. The van der Waals surface area contributed by atoms with E-state index in [2.05, 4.69) is 4.72 Å². The van der Waals surface area contributed by atoms with E-state index in [1.807, 2.05) is 36.4 Å². The van der Waals surface area contributed by atoms with Gasteiger partial charge in [-0.3, -0.25) is 10.0 Å². The minimum Gasteiger partial charge on any atom is -0.593 e. The summed E-state index contributed by atoms with van der Waals surface area (Å²) in [6, 6.07) is 15.0. The van der Waals surface area contributed by atoms with Crippen molar-refractivity contribution in [3.63, 3.8) is 0 Å². The van der Waals surface area contributed by atoms with E-state index >= 15 is 0 Å². The number of hydrogen-bond donors (Lipinski definition) is 3. The molecule has 0 aliphatic carbocycles. The van der Waals surface area contributed by atoms with Gasteiger partial charge in [0.2, 0.25) is 0 Å². The van der Waals surface area contributed by atoms with Crippen LogP contribution in [0.15, 0.2) is 48.5 Å². The fraction of sp³-hybridized carbons (Fsp3) is 0.0625. The Balaban J connectivity index is 1.92. The molecule has 0 saturated carbocycles. The van der Waals surface area contributed by atoms with Gasteiger partial charge in [-0.05, 0) is 47.3 Å². The highest BCUT2D eigenvalue weighted by Gasteiger charge is 2.09. The summed E-state index contributed by atoms with van der Waals surface area (Å²) in [5, 5.41) is 9.65. The molecule has 0 radical (unpaired) electrons. The molecule has 3 aromatic rings. The third-order valence-electron chi connectivity index (χ3n) is 3.31. The average Bonchev–Trinajstić information content (AvgIpc) is 2.97. The van der Waals surface area contributed by atoms with Gasteiger partial charge in [0.05, 0.1) is 17.0 Å². The number of carbonyl (C=O) groups excluding carboxylic acids is 1. The maximum Gasteiger partial charge on any atom is 0.274 e. The van der Waals surface area contributed by atoms with Gasteiger partial charge in [-0.15, -0.1) is 11.3 Å². The lowest BCUT2D eigenvalue weighted by molar-refractivity contribution is 0.0706. The summed E-state index contributed by atoms with van der Waals surface area (Å²) in [5.74, 6) is -0.525. The minimum atomic E-state index is -1.09. The smallest absolute Gasteiger partial charge is 0.274 e. The first-order chi connectivity index (χ1) is 11.1. The summed E-state index contributed by atoms with van der Waals surface area (Å²) in [4.78, 5) is 12.5. The molecule has 7 heteroatoms. The van der Waals surface area contributed by atoms with Gasteiger partial charge in [0.1, 0.15) is 6.26 Å². The van der Waals surface area contributed by atoms with E-state index in [0.717, 1.165) is 26.2 Å². The Morgan fingerprint density at radius 1 is 1.17 bits per heavy atom. The molecule has 118 valence electrons. The van der Waals surface area contributed by atoms with Crippen LogP contribution in [0.1, 0.15) is 10.4 Å². The Morgan fingerprint density at radius 3 is 2.57 bits per heavy atom. The third kappa shape index (κ3) is 3.48. The van der Waals surface area contributed by atoms with Gasteiger partial charge < -0.3 is 4.55 Å². The summed E-state index contributed by atoms with van der Waals surface area (Å²) < 4.78 is 15.1. The normalized spacial score (nSPS) is 12.1. The topological polar surface area (TPSA) is 84.4 Å². The number of carbonyl (C=O) groups is 1. The Bertz CT molecular complexity index is 844. The van der Waals surface area contributed by atoms with Gasteiger partial charge in [-0.25, -0.2) is 10.2 Å². The number of hydrogen-bond acceptors (Lipinski definition) is 5. The molecule has 5 nitrogen and oxygen atoms in total. The van der Waals surface area contributed by atoms with Crippen molar-refractivity contribution in [1.29, 1.82) is 0 Å². The van der Waals surface area contributed by atoms with Crippen molar-refractivity contribution in [1.82, 2.24) is 5.48 Å². The molecule has 0 aliphatic rings. The quantitative estimate of drug-likeness (QED) is 0.384. The average molecular weight is 346 g/mol. The molecule has 3 rings (SSSR count). The van der Waals surface area contributed by atoms with Gasteiger partial charge in [-0.2, -0.15) is 0 Å². The molecule has 23 heavy (non-hydrogen) atoms. The maximum absolute atomic E-state index is 11.5. The fourth-order valence-electron chi connectivity index (χ4n) is 2.26. The van der Waals surface area contributed by atoms with Crippen molar-refractivity contribution in [3.8, 4) is 10.4 Å². The van der Waals surface area contributed by atoms with Crippen LogP contribution in [0.5, 0.6) is 0 Å². The molecule has 2 aromatic carbocycles. The molecule has 0 aliphatic heterocycles. The van der Waals surface area contributed by atoms with Crippen LogP contribution < -0.4 is 10.2 Å². The van der Waals surface area contributed by atoms with Crippen LogP contribution in [0.4, 0.5) is 5.69 Å². The van der Waals surface area contributed by atoms with Crippen molar-refractivity contribution in [3.05, 3.63) is 54.1 Å². The highest BCUT2D eigenvalue weighted by molar-refractivity contribution is 7.92. The van der Waals surface area contributed by atoms with Gasteiger partial charge in [0.25, 0.3) is 5.91 Å². The molecule has 0 fully saturated rings. The molecule has 0 bridgehead atoms. The predicted molar refractivity (Wildman–Crippen MR) is 94.2 cm³/mol. The number of fused-ring (bicyclic) bond motifs is 1. The number of thiophene rings is 1. The van der Waals surface area contributed by atoms with Gasteiger partial charge in [0, 0.05) is 15.1 Å². The van der Waals surface area contributed by atoms with Crippen molar-refractivity contribution < 1.29 is 14.6 Å². The predicted octanol–water partition coefficient (Wildman–Crippen LogP) is 3.39. The van der Waals surface area contributed by atoms with Crippen LogP contribution in [0.3, 0.4) is 0 Å². The molecule has 1 aromatic heterocycles. The number of hydroxylamine groups is 1. The number of nitrogens with one attached hydrogen (secondary N) is 2. The van der Waals surface area contributed by atoms with Crippen LogP contribution in [0.2, 0.25) is 0 Å². The molecule has 0 saturated heterocycles. The fourth-order valence-corrected chi connectivity index (χ4v) is 3.78. The van der Waals surface area contributed by atoms with E-state index in [1.165, 1.54) is 0 Å². The Kier molecular flexibility index (Phi) is 4.53. The van der Waals surface area contributed by atoms with Gasteiger partial charge >= 0.3 is 0 Å². The van der Waals surface area contributed by atoms with Crippen molar-refractivity contribution in [2.24, 2.45) is 0 Å². The largest absolute Gasteiger partial charge is 0.593 e. The van der Waals surface area contributed by atoms with Crippen LogP contribution in [0, 0.1) is 0 Å². The summed E-state index contributed by atoms with van der Waals surface area (Å²) in [7, 11) is 0. The summed E-state index contributed by atoms with van der Waals surface area (Å²) >= 11 is 0.530. The second-order valence-electron chi connectivity index (χ2n) is 4.94. The molecular weight excluding hydrogens is 332 g/mol. The SMILES string of the molecule is C[S+]([O-])Nc1ccc(-c2cc3cc(C(=O)NO)ccc3s2)cc1. The zero-order valence-corrected chi connectivity index (χ0v) is 13.8. The molecule has 3 N–H and O–H groups in total. The van der Waals surface area contributed by atoms with Crippen LogP contribution in [-0.2, 0) is 11.4 Å². The van der Waals surface area contributed by atoms with Crippen LogP contribution in [-0.4, -0.2) is 21.9 Å². The lowest BCUT2D eigenvalue weighted by Crippen LogP contribution is -2.18. The second kappa shape index (κ2) is 6.59. The maximum atomic E-state index is 11.5. The van der Waals surface area contributed by atoms with Crippen molar-refractivity contribution in [2.75, 3.05) is 11.0 Å². The first kappa shape index (κ1) is 15.8. The van der Waals surface area contributed by atoms with Crippen LogP contribution >= 0.6 is 11.3 Å². The molecule has 1 heterocycles. The number of anilines is 1. The minimum absolute atomic E-state index is 0.411. The van der Waals surface area contributed by atoms with Gasteiger partial charge in [-0.1, -0.05) is 12.1 Å². The zero-order chi connectivity index (χ0) is 16.4. The Hall–Kier alpha value is -2.06. The van der Waals surface area contributed by atoms with Crippen molar-refractivity contribution in [2.45, 2.75) is 0 Å². The van der Waals surface area contributed by atoms with Gasteiger partial charge in [0.15, 0.2) is 0 Å².